The first-order valence-electron chi connectivity index (χ1n) is 6.30. The SMILES string of the molecule is CNC(=O)c1ccc(NCc2ccc(CN)cc2)nn1. The number of hydrogen-bond donors (Lipinski definition) is 3. The molecule has 1 aromatic carbocycles. The predicted molar refractivity (Wildman–Crippen MR) is 77.1 cm³/mol. The van der Waals surface area contributed by atoms with Crippen LogP contribution < -0.4 is 16.4 Å². The number of carbonyl (C=O) groups is 1. The number of nitrogens with two attached hydrogens (primary N) is 1. The second-order valence-corrected chi connectivity index (χ2v) is 4.26. The van der Waals surface area contributed by atoms with E-state index in [2.05, 4.69) is 20.8 Å². The van der Waals surface area contributed by atoms with Crippen molar-refractivity contribution in [1.82, 2.24) is 15.5 Å². The van der Waals surface area contributed by atoms with Gasteiger partial charge in [-0.25, -0.2) is 0 Å². The molecule has 0 spiro atoms. The average molecular weight is 271 g/mol. The molecule has 0 atom stereocenters. The fraction of sp³-hybridized carbons (Fsp3) is 0.214. The summed E-state index contributed by atoms with van der Waals surface area (Å²) in [7, 11) is 1.56. The van der Waals surface area contributed by atoms with E-state index in [1.165, 1.54) is 0 Å². The molecular weight excluding hydrogens is 254 g/mol. The van der Waals surface area contributed by atoms with Crippen LogP contribution >= 0.6 is 0 Å². The summed E-state index contributed by atoms with van der Waals surface area (Å²) < 4.78 is 0. The summed E-state index contributed by atoms with van der Waals surface area (Å²) in [5.74, 6) is 0.377. The van der Waals surface area contributed by atoms with Crippen molar-refractivity contribution in [1.29, 1.82) is 0 Å². The van der Waals surface area contributed by atoms with Crippen LogP contribution in [0.1, 0.15) is 21.6 Å². The van der Waals surface area contributed by atoms with Crippen LogP contribution in [0.2, 0.25) is 0 Å². The zero-order valence-corrected chi connectivity index (χ0v) is 11.3. The van der Waals surface area contributed by atoms with E-state index in [0.717, 1.165) is 11.1 Å². The van der Waals surface area contributed by atoms with Crippen LogP contribution in [0.4, 0.5) is 5.82 Å². The lowest BCUT2D eigenvalue weighted by Crippen LogP contribution is -2.19. The molecule has 0 saturated heterocycles. The van der Waals surface area contributed by atoms with Crippen molar-refractivity contribution in [2.75, 3.05) is 12.4 Å². The van der Waals surface area contributed by atoms with Gasteiger partial charge in [0.1, 0.15) is 5.82 Å². The Balaban J connectivity index is 1.94. The minimum Gasteiger partial charge on any atom is -0.365 e. The highest BCUT2D eigenvalue weighted by atomic mass is 16.1. The van der Waals surface area contributed by atoms with E-state index in [9.17, 15) is 4.79 Å². The molecule has 0 fully saturated rings. The van der Waals surface area contributed by atoms with Gasteiger partial charge in [-0.2, -0.15) is 0 Å². The topological polar surface area (TPSA) is 92.9 Å². The van der Waals surface area contributed by atoms with Crippen LogP contribution in [0.15, 0.2) is 36.4 Å². The Labute approximate surface area is 117 Å². The lowest BCUT2D eigenvalue weighted by Gasteiger charge is -2.06. The van der Waals surface area contributed by atoms with Crippen molar-refractivity contribution in [3.05, 3.63) is 53.2 Å². The molecule has 0 unspecified atom stereocenters. The van der Waals surface area contributed by atoms with Crippen LogP contribution in [-0.2, 0) is 13.1 Å². The van der Waals surface area contributed by atoms with E-state index in [4.69, 9.17) is 5.73 Å². The maximum atomic E-state index is 11.3. The standard InChI is InChI=1S/C14H17N5O/c1-16-14(20)12-6-7-13(19-18-12)17-9-11-4-2-10(8-15)3-5-11/h2-7H,8-9,15H2,1H3,(H,16,20)(H,17,19). The first-order valence-corrected chi connectivity index (χ1v) is 6.30. The van der Waals surface area contributed by atoms with Crippen molar-refractivity contribution in [2.45, 2.75) is 13.1 Å². The molecular formula is C14H17N5O. The maximum absolute atomic E-state index is 11.3. The van der Waals surface area contributed by atoms with Gasteiger partial charge in [0.15, 0.2) is 5.69 Å². The molecule has 0 aliphatic carbocycles. The number of carbonyl (C=O) groups excluding carboxylic acids is 1. The molecule has 0 bridgehead atoms. The summed E-state index contributed by atoms with van der Waals surface area (Å²) in [5, 5.41) is 13.4. The van der Waals surface area contributed by atoms with Gasteiger partial charge in [0.05, 0.1) is 0 Å². The molecule has 4 N–H and O–H groups in total. The van der Waals surface area contributed by atoms with E-state index in [0.29, 0.717) is 24.6 Å². The van der Waals surface area contributed by atoms with Gasteiger partial charge < -0.3 is 16.4 Å². The zero-order chi connectivity index (χ0) is 14.4. The Morgan fingerprint density at radius 1 is 1.10 bits per heavy atom. The summed E-state index contributed by atoms with van der Waals surface area (Å²) in [6.45, 7) is 1.18. The quantitative estimate of drug-likeness (QED) is 0.751. The number of anilines is 1. The second-order valence-electron chi connectivity index (χ2n) is 4.26. The third-order valence-corrected chi connectivity index (χ3v) is 2.86. The van der Waals surface area contributed by atoms with E-state index in [1.54, 1.807) is 19.2 Å². The molecule has 2 aromatic rings. The first kappa shape index (κ1) is 14.0. The largest absolute Gasteiger partial charge is 0.365 e. The number of amides is 1. The van der Waals surface area contributed by atoms with Crippen LogP contribution in [0.25, 0.3) is 0 Å². The number of nitrogens with zero attached hydrogens (tertiary/aromatic N) is 2. The van der Waals surface area contributed by atoms with Crippen LogP contribution in [0.3, 0.4) is 0 Å². The summed E-state index contributed by atoms with van der Waals surface area (Å²) in [6, 6.07) is 11.4. The fourth-order valence-corrected chi connectivity index (χ4v) is 1.66. The van der Waals surface area contributed by atoms with E-state index in [1.807, 2.05) is 24.3 Å². The van der Waals surface area contributed by atoms with Gasteiger partial charge in [0.2, 0.25) is 0 Å². The highest BCUT2D eigenvalue weighted by Gasteiger charge is 2.05. The minimum atomic E-state index is -0.249. The van der Waals surface area contributed by atoms with Gasteiger partial charge in [-0.3, -0.25) is 4.79 Å². The first-order chi connectivity index (χ1) is 9.72. The number of rotatable bonds is 5. The molecule has 0 saturated carbocycles. The molecule has 0 aliphatic rings. The number of benzene rings is 1. The molecule has 1 heterocycles. The molecule has 6 heteroatoms. The Bertz CT molecular complexity index is 565. The van der Waals surface area contributed by atoms with E-state index < -0.39 is 0 Å². The maximum Gasteiger partial charge on any atom is 0.271 e. The fourth-order valence-electron chi connectivity index (χ4n) is 1.66. The normalized spacial score (nSPS) is 10.1. The van der Waals surface area contributed by atoms with Gasteiger partial charge in [-0.15, -0.1) is 10.2 Å². The third kappa shape index (κ3) is 3.52. The van der Waals surface area contributed by atoms with Crippen molar-refractivity contribution in [3.8, 4) is 0 Å². The van der Waals surface area contributed by atoms with Gasteiger partial charge >= 0.3 is 0 Å². The van der Waals surface area contributed by atoms with Crippen molar-refractivity contribution < 1.29 is 4.79 Å². The Morgan fingerprint density at radius 3 is 2.35 bits per heavy atom. The van der Waals surface area contributed by atoms with E-state index >= 15 is 0 Å². The molecule has 1 amide bonds. The van der Waals surface area contributed by atoms with Crippen molar-refractivity contribution in [3.63, 3.8) is 0 Å². The number of aromatic nitrogens is 2. The molecule has 2 rings (SSSR count). The smallest absolute Gasteiger partial charge is 0.271 e. The second kappa shape index (κ2) is 6.63. The highest BCUT2D eigenvalue weighted by Crippen LogP contribution is 2.07. The van der Waals surface area contributed by atoms with Crippen molar-refractivity contribution in [2.24, 2.45) is 5.73 Å². The van der Waals surface area contributed by atoms with Crippen LogP contribution in [0.5, 0.6) is 0 Å². The van der Waals surface area contributed by atoms with Gasteiger partial charge in [0.25, 0.3) is 5.91 Å². The minimum absolute atomic E-state index is 0.249. The summed E-state index contributed by atoms with van der Waals surface area (Å²) in [6.07, 6.45) is 0. The zero-order valence-electron chi connectivity index (χ0n) is 11.3. The third-order valence-electron chi connectivity index (χ3n) is 2.86. The lowest BCUT2D eigenvalue weighted by molar-refractivity contribution is 0.0957. The summed E-state index contributed by atoms with van der Waals surface area (Å²) in [5.41, 5.74) is 8.07. The molecule has 0 radical (unpaired) electrons. The lowest BCUT2D eigenvalue weighted by atomic mass is 10.1. The monoisotopic (exact) mass is 271 g/mol. The molecule has 6 nitrogen and oxygen atoms in total. The number of hydrogen-bond acceptors (Lipinski definition) is 5. The van der Waals surface area contributed by atoms with Crippen LogP contribution in [-0.4, -0.2) is 23.2 Å². The summed E-state index contributed by atoms with van der Waals surface area (Å²) >= 11 is 0. The highest BCUT2D eigenvalue weighted by molar-refractivity contribution is 5.91. The van der Waals surface area contributed by atoms with Crippen molar-refractivity contribution >= 4 is 11.7 Å². The summed E-state index contributed by atoms with van der Waals surface area (Å²) in [4.78, 5) is 11.3. The number of nitrogens with one attached hydrogen (secondary N) is 2. The van der Waals surface area contributed by atoms with Crippen LogP contribution in [0, 0.1) is 0 Å². The Morgan fingerprint density at radius 2 is 1.80 bits per heavy atom. The Hall–Kier alpha value is -2.47. The van der Waals surface area contributed by atoms with Gasteiger partial charge in [-0.1, -0.05) is 24.3 Å². The van der Waals surface area contributed by atoms with E-state index in [-0.39, 0.29) is 5.91 Å². The van der Waals surface area contributed by atoms with Gasteiger partial charge in [0, 0.05) is 20.1 Å². The van der Waals surface area contributed by atoms with Gasteiger partial charge in [-0.05, 0) is 23.3 Å². The average Bonchev–Trinajstić information content (AvgIpc) is 2.53. The Kier molecular flexibility index (Phi) is 4.62. The molecule has 1 aromatic heterocycles. The molecule has 0 aliphatic heterocycles. The molecule has 104 valence electrons. The predicted octanol–water partition coefficient (Wildman–Crippen LogP) is 0.907. The molecule has 20 heavy (non-hydrogen) atoms.